The number of ether oxygens (including phenoxy) is 1. The van der Waals surface area contributed by atoms with Gasteiger partial charge in [-0.3, -0.25) is 4.79 Å². The van der Waals surface area contributed by atoms with Crippen molar-refractivity contribution < 1.29 is 53.6 Å². The molecule has 0 spiro atoms. The Morgan fingerprint density at radius 2 is 1.48 bits per heavy atom. The van der Waals surface area contributed by atoms with Gasteiger partial charge in [-0.05, 0) is 105 Å². The average Bonchev–Trinajstić information content (AvgIpc) is 3.38. The van der Waals surface area contributed by atoms with E-state index in [9.17, 15) is 44.3 Å². The fraction of sp³-hybridized carbons (Fsp3) is 0.543. The van der Waals surface area contributed by atoms with Crippen LogP contribution in [0.25, 0.3) is 0 Å². The summed E-state index contributed by atoms with van der Waals surface area (Å²) in [6.45, 7) is 3.25. The van der Waals surface area contributed by atoms with Crippen molar-refractivity contribution in [3.8, 4) is 0 Å². The van der Waals surface area contributed by atoms with Crippen molar-refractivity contribution in [1.29, 1.82) is 0 Å². The molecule has 50 heavy (non-hydrogen) atoms. The first kappa shape index (κ1) is 37.3. The van der Waals surface area contributed by atoms with E-state index in [-0.39, 0.29) is 40.9 Å². The second-order valence-electron chi connectivity index (χ2n) is 13.3. The van der Waals surface area contributed by atoms with Gasteiger partial charge < -0.3 is 19.1 Å². The van der Waals surface area contributed by atoms with Gasteiger partial charge in [-0.1, -0.05) is 11.2 Å². The van der Waals surface area contributed by atoms with Crippen LogP contribution >= 0.6 is 0 Å². The average molecular weight is 720 g/mol. The lowest BCUT2D eigenvalue weighted by atomic mass is 9.80. The van der Waals surface area contributed by atoms with Crippen molar-refractivity contribution in [2.75, 3.05) is 30.0 Å². The Bertz CT molecular complexity index is 1630. The number of alkyl halides is 9. The minimum atomic E-state index is -5.07. The van der Waals surface area contributed by atoms with Crippen LogP contribution in [0.1, 0.15) is 90.1 Å². The van der Waals surface area contributed by atoms with E-state index >= 15 is 0 Å². The van der Waals surface area contributed by atoms with E-state index in [1.807, 2.05) is 4.90 Å². The molecular formula is C35H38F9N3O3. The number of aromatic nitrogens is 1. The van der Waals surface area contributed by atoms with Crippen LogP contribution in [0, 0.1) is 25.7 Å². The number of anilines is 2. The molecule has 1 atom stereocenters. The van der Waals surface area contributed by atoms with E-state index in [0.717, 1.165) is 31.7 Å². The van der Waals surface area contributed by atoms with Crippen molar-refractivity contribution in [1.82, 2.24) is 5.16 Å². The molecule has 15 heteroatoms. The summed E-state index contributed by atoms with van der Waals surface area (Å²) in [4.78, 5) is 15.2. The molecule has 3 aromatic rings. The summed E-state index contributed by atoms with van der Waals surface area (Å²) in [6, 6.07) is 4.55. The molecule has 0 radical (unpaired) electrons. The van der Waals surface area contributed by atoms with Gasteiger partial charge in [-0.2, -0.15) is 39.5 Å². The maximum Gasteiger partial charge on any atom is 0.416 e. The second-order valence-corrected chi connectivity index (χ2v) is 13.3. The van der Waals surface area contributed by atoms with Crippen LogP contribution in [0.2, 0.25) is 0 Å². The Hall–Kier alpha value is -3.91. The maximum absolute atomic E-state index is 14.3. The number of hydrogen-bond acceptors (Lipinski definition) is 6. The molecule has 1 fully saturated rings. The Labute approximate surface area is 283 Å². The third kappa shape index (κ3) is 8.68. The third-order valence-corrected chi connectivity index (χ3v) is 9.69. The van der Waals surface area contributed by atoms with E-state index in [1.165, 1.54) is 31.1 Å². The van der Waals surface area contributed by atoms with Crippen LogP contribution in [0.3, 0.4) is 0 Å². The fourth-order valence-electron chi connectivity index (χ4n) is 7.21. The molecule has 1 saturated carbocycles. The van der Waals surface area contributed by atoms with Crippen molar-refractivity contribution in [2.24, 2.45) is 11.8 Å². The lowest BCUT2D eigenvalue weighted by molar-refractivity contribution is -0.144. The van der Waals surface area contributed by atoms with Crippen LogP contribution < -0.4 is 9.80 Å². The van der Waals surface area contributed by atoms with Gasteiger partial charge in [0.2, 0.25) is 5.88 Å². The van der Waals surface area contributed by atoms with E-state index in [1.54, 1.807) is 6.92 Å². The summed E-state index contributed by atoms with van der Waals surface area (Å²) >= 11 is 0. The van der Waals surface area contributed by atoms with Gasteiger partial charge in [0.15, 0.2) is 0 Å². The molecule has 274 valence electrons. The maximum atomic E-state index is 14.3. The van der Waals surface area contributed by atoms with E-state index in [2.05, 4.69) is 5.16 Å². The number of benzene rings is 2. The number of methoxy groups -OCH3 is 1. The molecule has 0 amide bonds. The molecule has 2 aromatic carbocycles. The van der Waals surface area contributed by atoms with E-state index < -0.39 is 47.8 Å². The number of carbonyl (C=O) groups excluding carboxylic acids is 1. The van der Waals surface area contributed by atoms with Crippen LogP contribution in [0.4, 0.5) is 51.1 Å². The summed E-state index contributed by atoms with van der Waals surface area (Å²) in [5, 5.41) is 3.89. The highest BCUT2D eigenvalue weighted by molar-refractivity contribution is 5.69. The predicted molar refractivity (Wildman–Crippen MR) is 166 cm³/mol. The summed E-state index contributed by atoms with van der Waals surface area (Å²) in [7, 11) is 1.33. The Morgan fingerprint density at radius 1 is 0.860 bits per heavy atom. The first-order chi connectivity index (χ1) is 23.3. The number of halogens is 9. The van der Waals surface area contributed by atoms with Crippen molar-refractivity contribution >= 4 is 17.5 Å². The smallest absolute Gasteiger partial charge is 0.416 e. The molecule has 0 bridgehead atoms. The Morgan fingerprint density at radius 3 is 2.02 bits per heavy atom. The monoisotopic (exact) mass is 719 g/mol. The summed E-state index contributed by atoms with van der Waals surface area (Å²) in [5.74, 6) is 0.0519. The number of hydrogen-bond donors (Lipinski definition) is 0. The number of rotatable bonds is 8. The summed E-state index contributed by atoms with van der Waals surface area (Å²) < 4.78 is 136. The second kappa shape index (κ2) is 14.4. The van der Waals surface area contributed by atoms with Gasteiger partial charge in [0.25, 0.3) is 0 Å². The zero-order chi connectivity index (χ0) is 36.6. The van der Waals surface area contributed by atoms with Crippen LogP contribution in [0.5, 0.6) is 0 Å². The minimum absolute atomic E-state index is 0.0518. The Balaban J connectivity index is 1.56. The highest BCUT2D eigenvalue weighted by Crippen LogP contribution is 2.46. The Kier molecular flexibility index (Phi) is 10.7. The third-order valence-electron chi connectivity index (χ3n) is 9.69. The molecule has 0 unspecified atom stereocenters. The number of esters is 1. The molecule has 2 aliphatic rings. The number of nitrogens with zero attached hydrogens (tertiary/aromatic N) is 3. The molecule has 0 saturated heterocycles. The number of fused-ring (bicyclic) bond motifs is 1. The minimum Gasteiger partial charge on any atom is -0.469 e. The normalized spacial score (nSPS) is 20.3. The van der Waals surface area contributed by atoms with Gasteiger partial charge >= 0.3 is 24.5 Å². The van der Waals surface area contributed by atoms with E-state index in [0.29, 0.717) is 61.4 Å². The highest BCUT2D eigenvalue weighted by atomic mass is 19.4. The SMILES string of the molecule is COC(=O)C[C@H]1CC[C@H](CN2CCC[C@H](N(Cc3cc(C(F)(F)F)cc(C(F)(F)F)c3)c3cc(C)no3)c3cc(C)c(C(F)(F)F)cc32)CC1. The van der Waals surface area contributed by atoms with Crippen molar-refractivity contribution in [2.45, 2.75) is 89.9 Å². The first-order valence-electron chi connectivity index (χ1n) is 16.3. The number of carbonyl (C=O) groups is 1. The standard InChI is InChI=1S/C35H38F9N3O3/c1-20-11-27-29(47(31-12-21(2)45-50-31)19-24-13-25(33(36,37)38)16-26(14-24)34(39,40)41)5-4-10-46(30(27)17-28(20)35(42,43)44)18-23-8-6-22(7-9-23)15-32(48)49-3/h11-14,16-17,22-23,29H,4-10,15,18-19H2,1-3H3/t22-,23-,29-/m0/s1. The van der Waals surface area contributed by atoms with Gasteiger partial charge in [-0.15, -0.1) is 0 Å². The molecule has 1 aliphatic carbocycles. The number of aryl methyl sites for hydroxylation is 2. The fourth-order valence-corrected chi connectivity index (χ4v) is 7.21. The largest absolute Gasteiger partial charge is 0.469 e. The summed E-state index contributed by atoms with van der Waals surface area (Å²) in [6.07, 6.45) is -10.7. The van der Waals surface area contributed by atoms with Gasteiger partial charge in [0.1, 0.15) is 0 Å². The first-order valence-corrected chi connectivity index (χ1v) is 16.3. The van der Waals surface area contributed by atoms with Crippen molar-refractivity contribution in [3.63, 3.8) is 0 Å². The molecule has 0 N–H and O–H groups in total. The molecule has 1 aromatic heterocycles. The molecule has 6 nitrogen and oxygen atoms in total. The van der Waals surface area contributed by atoms with Crippen LogP contribution in [-0.2, 0) is 34.6 Å². The molecule has 1 aliphatic heterocycles. The molecule has 2 heterocycles. The zero-order valence-electron chi connectivity index (χ0n) is 27.7. The highest BCUT2D eigenvalue weighted by Gasteiger charge is 2.40. The molecule has 5 rings (SSSR count). The quantitative estimate of drug-likeness (QED) is 0.171. The lowest BCUT2D eigenvalue weighted by Crippen LogP contribution is -2.33. The lowest BCUT2D eigenvalue weighted by Gasteiger charge is -2.36. The molecular weight excluding hydrogens is 681 g/mol. The summed E-state index contributed by atoms with van der Waals surface area (Å²) in [5.41, 5.74) is -3.03. The van der Waals surface area contributed by atoms with Gasteiger partial charge in [-0.25, -0.2) is 0 Å². The van der Waals surface area contributed by atoms with Gasteiger partial charge in [0.05, 0.1) is 35.5 Å². The topological polar surface area (TPSA) is 58.8 Å². The van der Waals surface area contributed by atoms with Crippen LogP contribution in [0.15, 0.2) is 40.9 Å². The zero-order valence-corrected chi connectivity index (χ0v) is 27.7. The van der Waals surface area contributed by atoms with E-state index in [4.69, 9.17) is 9.26 Å². The predicted octanol–water partition coefficient (Wildman–Crippen LogP) is 10.1. The van der Waals surface area contributed by atoms with Gasteiger partial charge in [0, 0.05) is 37.8 Å². The van der Waals surface area contributed by atoms with Crippen molar-refractivity contribution in [3.05, 3.63) is 75.5 Å². The van der Waals surface area contributed by atoms with Crippen LogP contribution in [-0.4, -0.2) is 31.3 Å².